The molecule has 1 heterocycles. The maximum atomic E-state index is 11.2. The zero-order valence-corrected chi connectivity index (χ0v) is 25.9. The van der Waals surface area contributed by atoms with Crippen molar-refractivity contribution in [1.29, 1.82) is 0 Å². The summed E-state index contributed by atoms with van der Waals surface area (Å²) in [4.78, 5) is 15.1. The highest BCUT2D eigenvalue weighted by molar-refractivity contribution is 5.85. The maximum absolute atomic E-state index is 11.2. The van der Waals surface area contributed by atoms with Gasteiger partial charge in [0.25, 0.3) is 0 Å². The van der Waals surface area contributed by atoms with E-state index in [1.165, 1.54) is 16.7 Å². The molecule has 0 saturated carbocycles. The smallest absolute Gasteiger partial charge is 0.330 e. The zero-order chi connectivity index (χ0) is 29.3. The molecule has 0 spiro atoms. The van der Waals surface area contributed by atoms with Crippen LogP contribution in [0.5, 0.6) is 11.5 Å². The molecule has 1 unspecified atom stereocenters. The number of fused-ring (bicyclic) bond motifs is 1. The number of ether oxygens (including phenoxy) is 1. The van der Waals surface area contributed by atoms with Crippen LogP contribution in [-0.2, 0) is 24.3 Å². The number of hydrogen-bond donors (Lipinski definition) is 2. The number of phenols is 1. The van der Waals surface area contributed by atoms with Gasteiger partial charge in [-0.2, -0.15) is 0 Å². The molecule has 0 bridgehead atoms. The molecule has 1 atom stereocenters. The molecule has 39 heavy (non-hydrogen) atoms. The number of rotatable bonds is 14. The van der Waals surface area contributed by atoms with Gasteiger partial charge in [0.1, 0.15) is 17.1 Å². The number of carboxylic acid groups (broad SMARTS) is 1. The summed E-state index contributed by atoms with van der Waals surface area (Å²) < 4.78 is 6.78. The Morgan fingerprint density at radius 1 is 0.923 bits per heavy atom. The summed E-state index contributed by atoms with van der Waals surface area (Å²) in [6.07, 6.45) is 13.9. The molecule has 218 valence electrons. The first-order chi connectivity index (χ1) is 18.2. The minimum atomic E-state index is -0.841. The van der Waals surface area contributed by atoms with Crippen molar-refractivity contribution in [1.82, 2.24) is 9.80 Å². The van der Waals surface area contributed by atoms with Crippen LogP contribution in [0.1, 0.15) is 94.9 Å². The fourth-order valence-corrected chi connectivity index (χ4v) is 5.24. The van der Waals surface area contributed by atoms with Crippen molar-refractivity contribution in [2.24, 2.45) is 0 Å². The first-order valence-corrected chi connectivity index (χ1v) is 14.3. The molecule has 6 nitrogen and oxygen atoms in total. The summed E-state index contributed by atoms with van der Waals surface area (Å²) in [6, 6.07) is 0. The van der Waals surface area contributed by atoms with E-state index in [4.69, 9.17) is 9.84 Å². The number of hydrogen-bond acceptors (Lipinski definition) is 5. The molecular formula is C33H52N2O4. The summed E-state index contributed by atoms with van der Waals surface area (Å²) in [5, 5.41) is 20.2. The quantitative estimate of drug-likeness (QED) is 0.192. The van der Waals surface area contributed by atoms with Crippen LogP contribution in [-0.4, -0.2) is 59.8 Å². The number of allylic oxidation sites excluding steroid dienone is 5. The monoisotopic (exact) mass is 540 g/mol. The predicted molar refractivity (Wildman–Crippen MR) is 162 cm³/mol. The molecule has 1 aliphatic heterocycles. The molecule has 1 aromatic carbocycles. The number of aliphatic carboxylic acids is 1. The lowest BCUT2D eigenvalue weighted by Gasteiger charge is -2.39. The van der Waals surface area contributed by atoms with E-state index in [1.807, 2.05) is 28.2 Å². The molecular weight excluding hydrogens is 488 g/mol. The molecule has 1 aliphatic rings. The maximum Gasteiger partial charge on any atom is 0.330 e. The Labute approximate surface area is 237 Å². The summed E-state index contributed by atoms with van der Waals surface area (Å²) in [5.41, 5.74) is 7.09. The lowest BCUT2D eigenvalue weighted by molar-refractivity contribution is -0.132. The van der Waals surface area contributed by atoms with Crippen molar-refractivity contribution in [2.45, 2.75) is 105 Å². The van der Waals surface area contributed by atoms with E-state index in [2.05, 4.69) is 49.6 Å². The van der Waals surface area contributed by atoms with E-state index < -0.39 is 5.97 Å². The van der Waals surface area contributed by atoms with Crippen molar-refractivity contribution in [3.05, 3.63) is 57.2 Å². The third-order valence-electron chi connectivity index (χ3n) is 7.73. The Morgan fingerprint density at radius 3 is 2.03 bits per heavy atom. The Morgan fingerprint density at radius 2 is 1.46 bits per heavy atom. The van der Waals surface area contributed by atoms with Crippen LogP contribution in [0.2, 0.25) is 0 Å². The number of nitrogens with zero attached hydrogens (tertiary/aromatic N) is 2. The van der Waals surface area contributed by atoms with Crippen molar-refractivity contribution < 1.29 is 19.7 Å². The second-order valence-corrected chi connectivity index (χ2v) is 12.2. The molecule has 2 N–H and O–H groups in total. The highest BCUT2D eigenvalue weighted by Gasteiger charge is 2.35. The largest absolute Gasteiger partial charge is 0.507 e. The van der Waals surface area contributed by atoms with Crippen LogP contribution in [0.3, 0.4) is 0 Å². The second kappa shape index (κ2) is 14.7. The second-order valence-electron chi connectivity index (χ2n) is 12.2. The summed E-state index contributed by atoms with van der Waals surface area (Å²) in [6.45, 7) is 11.7. The number of phenolic OH excluding ortho intramolecular Hbond substituents is 1. The molecule has 1 aromatic rings. The highest BCUT2D eigenvalue weighted by Crippen LogP contribution is 2.45. The highest BCUT2D eigenvalue weighted by atomic mass is 16.5. The van der Waals surface area contributed by atoms with Crippen molar-refractivity contribution in [2.75, 3.05) is 28.2 Å². The van der Waals surface area contributed by atoms with Crippen LogP contribution >= 0.6 is 0 Å². The first kappa shape index (κ1) is 32.6. The van der Waals surface area contributed by atoms with Crippen LogP contribution in [0.4, 0.5) is 0 Å². The topological polar surface area (TPSA) is 73.2 Å². The third-order valence-corrected chi connectivity index (χ3v) is 7.73. The van der Waals surface area contributed by atoms with Gasteiger partial charge in [0.05, 0.1) is 0 Å². The van der Waals surface area contributed by atoms with Gasteiger partial charge in [0.2, 0.25) is 0 Å². The fourth-order valence-electron chi connectivity index (χ4n) is 5.24. The average Bonchev–Trinajstić information content (AvgIpc) is 2.84. The predicted octanol–water partition coefficient (Wildman–Crippen LogP) is 7.17. The zero-order valence-electron chi connectivity index (χ0n) is 25.9. The molecule has 0 radical (unpaired) electrons. The fraction of sp³-hybridized carbons (Fsp3) is 0.606. The van der Waals surface area contributed by atoms with Crippen LogP contribution in [0.25, 0.3) is 0 Å². The number of carbonyl (C=O) groups is 1. The molecule has 2 rings (SSSR count). The Balaban J connectivity index is 2.03. The van der Waals surface area contributed by atoms with E-state index in [-0.39, 0.29) is 5.60 Å². The van der Waals surface area contributed by atoms with E-state index in [0.29, 0.717) is 24.4 Å². The van der Waals surface area contributed by atoms with E-state index in [9.17, 15) is 9.90 Å². The van der Waals surface area contributed by atoms with Gasteiger partial charge >= 0.3 is 5.97 Å². The third kappa shape index (κ3) is 9.84. The normalized spacial score (nSPS) is 18.5. The molecule has 0 aromatic heterocycles. The number of benzene rings is 1. The standard InChI is InChI=1S/C33H52N2O4/c1-23(15-11-17-25(3)32(37)38)13-10-14-24(2)16-12-19-33(5)20-18-27-29(22-35(8)9)30(36)28(21-34(6)7)26(4)31(27)39-33/h13,16-17,36H,10-12,14-15,18-22H2,1-9H3,(H,37,38)/b23-13+,24-16+,25-17+. The summed E-state index contributed by atoms with van der Waals surface area (Å²) in [7, 11) is 8.14. The first-order valence-electron chi connectivity index (χ1n) is 14.3. The minimum absolute atomic E-state index is 0.228. The van der Waals surface area contributed by atoms with Crippen LogP contribution < -0.4 is 4.74 Å². The average molecular weight is 541 g/mol. The van der Waals surface area contributed by atoms with Gasteiger partial charge in [-0.15, -0.1) is 0 Å². The summed E-state index contributed by atoms with van der Waals surface area (Å²) in [5.74, 6) is 0.562. The van der Waals surface area contributed by atoms with Crippen molar-refractivity contribution in [3.63, 3.8) is 0 Å². The SMILES string of the molecule is C/C(=C\CC/C(C)=C/CCC1(C)CCc2c(CN(C)C)c(O)c(CN(C)C)c(C)c2O1)CC/C=C(\C)C(=O)O. The van der Waals surface area contributed by atoms with Gasteiger partial charge in [0, 0.05) is 35.4 Å². The van der Waals surface area contributed by atoms with Gasteiger partial charge in [-0.1, -0.05) is 29.4 Å². The number of carboxylic acids is 1. The van der Waals surface area contributed by atoms with Gasteiger partial charge in [-0.25, -0.2) is 4.79 Å². The molecule has 0 amide bonds. The van der Waals surface area contributed by atoms with E-state index >= 15 is 0 Å². The molecule has 6 heteroatoms. The minimum Gasteiger partial charge on any atom is -0.507 e. The van der Waals surface area contributed by atoms with E-state index in [1.54, 1.807) is 13.0 Å². The van der Waals surface area contributed by atoms with Crippen LogP contribution in [0, 0.1) is 6.92 Å². The lowest BCUT2D eigenvalue weighted by atomic mass is 9.84. The summed E-state index contributed by atoms with van der Waals surface area (Å²) >= 11 is 0. The van der Waals surface area contributed by atoms with Gasteiger partial charge in [-0.3, -0.25) is 0 Å². The van der Waals surface area contributed by atoms with Crippen LogP contribution in [0.15, 0.2) is 34.9 Å². The lowest BCUT2D eigenvalue weighted by Crippen LogP contribution is -2.37. The molecule has 0 fully saturated rings. The molecule has 0 saturated heterocycles. The Bertz CT molecular complexity index is 1100. The Kier molecular flexibility index (Phi) is 12.3. The number of aromatic hydroxyl groups is 1. The van der Waals surface area contributed by atoms with Crippen molar-refractivity contribution in [3.8, 4) is 11.5 Å². The van der Waals surface area contributed by atoms with Crippen molar-refractivity contribution >= 4 is 5.97 Å². The van der Waals surface area contributed by atoms with Gasteiger partial charge in [-0.05, 0) is 120 Å². The molecule has 0 aliphatic carbocycles. The Hall–Kier alpha value is -2.57. The van der Waals surface area contributed by atoms with Gasteiger partial charge < -0.3 is 24.7 Å². The van der Waals surface area contributed by atoms with Gasteiger partial charge in [0.15, 0.2) is 0 Å². The van der Waals surface area contributed by atoms with E-state index in [0.717, 1.165) is 73.8 Å².